The molecule has 4 amide bonds. The van der Waals surface area contributed by atoms with E-state index in [-0.39, 0.29) is 23.6 Å². The Morgan fingerprint density at radius 1 is 0.380 bits per heavy atom. The molecule has 0 aromatic heterocycles. The molecule has 7 nitrogen and oxygen atoms in total. The third-order valence-corrected chi connectivity index (χ3v) is 9.63. The number of amides is 4. The fraction of sp³-hybridized carbons (Fsp3) is 0.0698. The summed E-state index contributed by atoms with van der Waals surface area (Å²) in [5, 5.41) is 0. The minimum absolute atomic E-state index is 0.352. The molecule has 0 atom stereocenters. The molecule has 242 valence electrons. The first-order valence-electron chi connectivity index (χ1n) is 16.3. The molecular formula is C43H31N3O4. The number of fused-ring (bicyclic) bond motifs is 2. The van der Waals surface area contributed by atoms with Gasteiger partial charge in [0.1, 0.15) is 0 Å². The Balaban J connectivity index is 1.05. The third-order valence-electron chi connectivity index (χ3n) is 9.63. The average molecular weight is 654 g/mol. The lowest BCUT2D eigenvalue weighted by molar-refractivity contribution is 0.0910. The van der Waals surface area contributed by atoms with Crippen molar-refractivity contribution < 1.29 is 19.2 Å². The van der Waals surface area contributed by atoms with Crippen LogP contribution in [0.1, 0.15) is 58.1 Å². The fourth-order valence-corrected chi connectivity index (χ4v) is 6.91. The van der Waals surface area contributed by atoms with Crippen molar-refractivity contribution >= 4 is 40.7 Å². The largest absolute Gasteiger partial charge is 0.399 e. The lowest BCUT2D eigenvalue weighted by Gasteiger charge is -2.19. The normalized spacial score (nSPS) is 13.7. The standard InChI is InChI=1S/C43H31N3O4/c1-24-4-6-27(7-5-24)29-10-16-36-38(22-29)42(49)45(40(36)47)32-14-18-34(25(2)20-32)35-19-15-33(21-26(35)3)46-41(48)37-17-11-30(23-39(37)43(46)50)28-8-12-31(44)13-9-28/h4-23H,44H2,1-3H3. The molecule has 0 saturated carbocycles. The summed E-state index contributed by atoms with van der Waals surface area (Å²) in [6.45, 7) is 5.88. The van der Waals surface area contributed by atoms with Gasteiger partial charge in [0.05, 0.1) is 33.6 Å². The summed E-state index contributed by atoms with van der Waals surface area (Å²) in [7, 11) is 0. The number of nitrogens with zero attached hydrogens (tertiary/aromatic N) is 2. The van der Waals surface area contributed by atoms with Crippen LogP contribution in [0.3, 0.4) is 0 Å². The van der Waals surface area contributed by atoms with Gasteiger partial charge in [-0.05, 0) is 126 Å². The molecule has 0 unspecified atom stereocenters. The smallest absolute Gasteiger partial charge is 0.266 e. The zero-order valence-corrected chi connectivity index (χ0v) is 27.7. The maximum Gasteiger partial charge on any atom is 0.266 e. The number of rotatable bonds is 5. The molecule has 0 spiro atoms. The van der Waals surface area contributed by atoms with Crippen LogP contribution in [0.25, 0.3) is 33.4 Å². The molecule has 2 heterocycles. The van der Waals surface area contributed by atoms with Crippen molar-refractivity contribution in [1.82, 2.24) is 0 Å². The lowest BCUT2D eigenvalue weighted by atomic mass is 9.95. The Hall–Kier alpha value is -6.60. The van der Waals surface area contributed by atoms with Gasteiger partial charge < -0.3 is 5.73 Å². The highest BCUT2D eigenvalue weighted by Gasteiger charge is 2.38. The SMILES string of the molecule is Cc1ccc(-c2ccc3c(c2)C(=O)N(c2ccc(-c4ccc(N5C(=O)c6ccc(-c7ccc(N)cc7)cc6C5=O)cc4C)c(C)c2)C3=O)cc1. The zero-order valence-electron chi connectivity index (χ0n) is 27.7. The van der Waals surface area contributed by atoms with Crippen molar-refractivity contribution in [2.45, 2.75) is 20.8 Å². The van der Waals surface area contributed by atoms with Crippen LogP contribution < -0.4 is 15.5 Å². The van der Waals surface area contributed by atoms with E-state index in [4.69, 9.17) is 5.73 Å². The van der Waals surface area contributed by atoms with Crippen LogP contribution in [0.2, 0.25) is 0 Å². The van der Waals surface area contributed by atoms with Crippen molar-refractivity contribution in [3.63, 3.8) is 0 Å². The maximum atomic E-state index is 13.6. The fourth-order valence-electron chi connectivity index (χ4n) is 6.91. The maximum absolute atomic E-state index is 13.6. The number of carbonyl (C=O) groups is 4. The lowest BCUT2D eigenvalue weighted by Crippen LogP contribution is -2.29. The van der Waals surface area contributed by atoms with Gasteiger partial charge in [-0.2, -0.15) is 0 Å². The number of hydrogen-bond donors (Lipinski definition) is 1. The highest BCUT2D eigenvalue weighted by molar-refractivity contribution is 6.35. The van der Waals surface area contributed by atoms with E-state index in [1.165, 1.54) is 9.80 Å². The Morgan fingerprint density at radius 3 is 1.16 bits per heavy atom. The number of nitrogen functional groups attached to an aromatic ring is 1. The van der Waals surface area contributed by atoms with Crippen LogP contribution in [-0.4, -0.2) is 23.6 Å². The van der Waals surface area contributed by atoms with Gasteiger partial charge in [-0.15, -0.1) is 0 Å². The highest BCUT2D eigenvalue weighted by atomic mass is 16.2. The molecule has 0 fully saturated rings. The number of benzene rings is 6. The molecule has 0 radical (unpaired) electrons. The van der Waals surface area contributed by atoms with E-state index < -0.39 is 0 Å². The molecule has 50 heavy (non-hydrogen) atoms. The summed E-state index contributed by atoms with van der Waals surface area (Å²) in [6.07, 6.45) is 0. The number of carbonyl (C=O) groups excluding carboxylic acids is 4. The van der Waals surface area contributed by atoms with Crippen molar-refractivity contribution in [1.29, 1.82) is 0 Å². The van der Waals surface area contributed by atoms with Crippen molar-refractivity contribution in [3.05, 3.63) is 160 Å². The monoisotopic (exact) mass is 653 g/mol. The summed E-state index contributed by atoms with van der Waals surface area (Å²) in [5.74, 6) is -1.45. The van der Waals surface area contributed by atoms with Crippen molar-refractivity contribution in [2.75, 3.05) is 15.5 Å². The van der Waals surface area contributed by atoms with E-state index in [1.807, 2.05) is 93.6 Å². The summed E-state index contributed by atoms with van der Waals surface area (Å²) in [4.78, 5) is 56.6. The van der Waals surface area contributed by atoms with E-state index in [0.29, 0.717) is 39.3 Å². The minimum Gasteiger partial charge on any atom is -0.399 e. The topological polar surface area (TPSA) is 101 Å². The molecule has 0 aliphatic carbocycles. The van der Waals surface area contributed by atoms with E-state index in [0.717, 1.165) is 50.1 Å². The second-order valence-corrected chi connectivity index (χ2v) is 12.9. The quantitative estimate of drug-likeness (QED) is 0.148. The molecule has 0 saturated heterocycles. The molecule has 2 aliphatic heterocycles. The van der Waals surface area contributed by atoms with Gasteiger partial charge in [0.25, 0.3) is 23.6 Å². The van der Waals surface area contributed by atoms with E-state index >= 15 is 0 Å². The molecule has 6 aromatic rings. The number of hydrogen-bond acceptors (Lipinski definition) is 5. The predicted molar refractivity (Wildman–Crippen MR) is 197 cm³/mol. The Morgan fingerprint density at radius 2 is 0.740 bits per heavy atom. The van der Waals surface area contributed by atoms with Gasteiger partial charge in [0.15, 0.2) is 0 Å². The minimum atomic E-state index is -0.373. The van der Waals surface area contributed by atoms with E-state index in [9.17, 15) is 19.2 Å². The highest BCUT2D eigenvalue weighted by Crippen LogP contribution is 2.38. The number of nitrogens with two attached hydrogens (primary N) is 1. The Bertz CT molecular complexity index is 2270. The summed E-state index contributed by atoms with van der Waals surface area (Å²) in [6, 6.07) is 37.1. The van der Waals surface area contributed by atoms with E-state index in [1.54, 1.807) is 48.5 Å². The van der Waals surface area contributed by atoms with Crippen molar-refractivity contribution in [2.24, 2.45) is 0 Å². The summed E-state index contributed by atoms with van der Waals surface area (Å²) < 4.78 is 0. The van der Waals surface area contributed by atoms with Gasteiger partial charge in [-0.1, -0.05) is 66.2 Å². The molecule has 0 bridgehead atoms. The van der Waals surface area contributed by atoms with E-state index in [2.05, 4.69) is 0 Å². The molecular weight excluding hydrogens is 622 g/mol. The van der Waals surface area contributed by atoms with Gasteiger partial charge >= 0.3 is 0 Å². The average Bonchev–Trinajstić information content (AvgIpc) is 3.52. The van der Waals surface area contributed by atoms with Crippen LogP contribution >= 0.6 is 0 Å². The van der Waals surface area contributed by atoms with Crippen LogP contribution in [0, 0.1) is 20.8 Å². The first-order chi connectivity index (χ1) is 24.1. The molecule has 7 heteroatoms. The summed E-state index contributed by atoms with van der Waals surface area (Å²) in [5.41, 5.74) is 17.2. The number of aryl methyl sites for hydroxylation is 3. The van der Waals surface area contributed by atoms with Crippen molar-refractivity contribution in [3.8, 4) is 33.4 Å². The Labute approximate surface area is 289 Å². The molecule has 2 aliphatic rings. The molecule has 2 N–H and O–H groups in total. The van der Waals surface area contributed by atoms with Crippen LogP contribution in [-0.2, 0) is 0 Å². The predicted octanol–water partition coefficient (Wildman–Crippen LogP) is 8.80. The van der Waals surface area contributed by atoms with Gasteiger partial charge in [0.2, 0.25) is 0 Å². The van der Waals surface area contributed by atoms with Crippen LogP contribution in [0.4, 0.5) is 17.1 Å². The second-order valence-electron chi connectivity index (χ2n) is 12.9. The second kappa shape index (κ2) is 11.5. The zero-order chi connectivity index (χ0) is 34.8. The third kappa shape index (κ3) is 4.90. The van der Waals surface area contributed by atoms with Gasteiger partial charge in [-0.25, -0.2) is 9.80 Å². The molecule has 8 rings (SSSR count). The summed E-state index contributed by atoms with van der Waals surface area (Å²) >= 11 is 0. The van der Waals surface area contributed by atoms with Gasteiger partial charge in [0, 0.05) is 5.69 Å². The first kappa shape index (κ1) is 30.7. The Kier molecular flexibility index (Phi) is 7.08. The molecule has 6 aromatic carbocycles. The van der Waals surface area contributed by atoms with Crippen LogP contribution in [0.5, 0.6) is 0 Å². The number of anilines is 3. The number of imide groups is 2. The van der Waals surface area contributed by atoms with Gasteiger partial charge in [-0.3, -0.25) is 19.2 Å². The first-order valence-corrected chi connectivity index (χ1v) is 16.3. The van der Waals surface area contributed by atoms with Crippen LogP contribution in [0.15, 0.2) is 121 Å².